The van der Waals surface area contributed by atoms with Crippen molar-refractivity contribution in [3.63, 3.8) is 0 Å². The van der Waals surface area contributed by atoms with Gasteiger partial charge in [0.2, 0.25) is 11.6 Å². The summed E-state index contributed by atoms with van der Waals surface area (Å²) in [5.41, 5.74) is -1.38. The van der Waals surface area contributed by atoms with Crippen LogP contribution in [0.15, 0.2) is 45.9 Å². The van der Waals surface area contributed by atoms with Crippen LogP contribution in [0.4, 0.5) is 10.3 Å². The first-order chi connectivity index (χ1) is 15.9. The molecule has 4 rings (SSSR count). The molecule has 1 saturated heterocycles. The molecule has 0 bridgehead atoms. The SMILES string of the molecule is N#Cc1ccc(-n2nc(C(=O)O)c(OC3CCN(c4ncc(Br)cn4)CC3)cc2=O)cc1F. The number of carboxylic acid groups (broad SMARTS) is 1. The molecule has 0 atom stereocenters. The number of nitriles is 1. The lowest BCUT2D eigenvalue weighted by molar-refractivity contribution is 0.0677. The van der Waals surface area contributed by atoms with Gasteiger partial charge in [0.15, 0.2) is 5.75 Å². The normalized spacial score (nSPS) is 14.0. The third-order valence-corrected chi connectivity index (χ3v) is 5.45. The first-order valence-corrected chi connectivity index (χ1v) is 10.6. The van der Waals surface area contributed by atoms with Crippen molar-refractivity contribution in [1.82, 2.24) is 19.7 Å². The lowest BCUT2D eigenvalue weighted by atomic mass is 10.1. The number of benzene rings is 1. The van der Waals surface area contributed by atoms with Crippen molar-refractivity contribution >= 4 is 27.8 Å². The zero-order valence-corrected chi connectivity index (χ0v) is 18.6. The first-order valence-electron chi connectivity index (χ1n) is 9.82. The molecule has 1 aliphatic rings. The smallest absolute Gasteiger partial charge is 0.360 e. The van der Waals surface area contributed by atoms with Crippen LogP contribution in [0.25, 0.3) is 5.69 Å². The zero-order chi connectivity index (χ0) is 23.5. The molecule has 1 N–H and O–H groups in total. The number of hydrogen-bond acceptors (Lipinski definition) is 8. The number of rotatable bonds is 5. The third kappa shape index (κ3) is 4.83. The van der Waals surface area contributed by atoms with Crippen LogP contribution in [0.2, 0.25) is 0 Å². The summed E-state index contributed by atoms with van der Waals surface area (Å²) in [7, 11) is 0. The van der Waals surface area contributed by atoms with E-state index >= 15 is 0 Å². The van der Waals surface area contributed by atoms with Crippen LogP contribution in [-0.4, -0.2) is 50.0 Å². The second-order valence-electron chi connectivity index (χ2n) is 7.19. The molecule has 12 heteroatoms. The summed E-state index contributed by atoms with van der Waals surface area (Å²) in [5.74, 6) is -1.81. The summed E-state index contributed by atoms with van der Waals surface area (Å²) >= 11 is 3.29. The molecule has 3 heterocycles. The predicted molar refractivity (Wildman–Crippen MR) is 117 cm³/mol. The number of halogens is 2. The van der Waals surface area contributed by atoms with Crippen LogP contribution >= 0.6 is 15.9 Å². The number of anilines is 1. The van der Waals surface area contributed by atoms with Crippen molar-refractivity contribution in [3.8, 4) is 17.5 Å². The van der Waals surface area contributed by atoms with Crippen LogP contribution in [0.5, 0.6) is 5.75 Å². The highest BCUT2D eigenvalue weighted by Crippen LogP contribution is 2.23. The monoisotopic (exact) mass is 514 g/mol. The number of piperidine rings is 1. The lowest BCUT2D eigenvalue weighted by Gasteiger charge is -2.32. The van der Waals surface area contributed by atoms with E-state index in [1.165, 1.54) is 12.1 Å². The molecule has 0 radical (unpaired) electrons. The van der Waals surface area contributed by atoms with Gasteiger partial charge in [-0.2, -0.15) is 15.0 Å². The molecule has 1 fully saturated rings. The summed E-state index contributed by atoms with van der Waals surface area (Å²) in [6.07, 6.45) is 4.10. The molecule has 3 aromatic rings. The highest BCUT2D eigenvalue weighted by Gasteiger charge is 2.25. The molecule has 0 unspecified atom stereocenters. The fraction of sp³-hybridized carbons (Fsp3) is 0.238. The van der Waals surface area contributed by atoms with Crippen LogP contribution in [0.1, 0.15) is 28.9 Å². The van der Waals surface area contributed by atoms with Gasteiger partial charge in [0.1, 0.15) is 18.0 Å². The van der Waals surface area contributed by atoms with E-state index < -0.39 is 23.0 Å². The number of aromatic carboxylic acids is 1. The summed E-state index contributed by atoms with van der Waals surface area (Å²) in [6, 6.07) is 6.14. The zero-order valence-electron chi connectivity index (χ0n) is 17.0. The maximum atomic E-state index is 14.0. The maximum Gasteiger partial charge on any atom is 0.360 e. The van der Waals surface area contributed by atoms with E-state index in [1.807, 2.05) is 4.90 Å². The molecule has 1 aromatic carbocycles. The molecule has 10 nitrogen and oxygen atoms in total. The number of aromatic nitrogens is 4. The Bertz CT molecular complexity index is 1300. The Morgan fingerprint density at radius 1 is 1.24 bits per heavy atom. The predicted octanol–water partition coefficient (Wildman–Crippen LogP) is 2.54. The first kappa shape index (κ1) is 22.3. The van der Waals surface area contributed by atoms with Gasteiger partial charge < -0.3 is 14.7 Å². The summed E-state index contributed by atoms with van der Waals surface area (Å²) in [4.78, 5) is 34.9. The molecule has 2 aromatic heterocycles. The highest BCUT2D eigenvalue weighted by molar-refractivity contribution is 9.10. The van der Waals surface area contributed by atoms with Crippen molar-refractivity contribution in [3.05, 3.63) is 68.6 Å². The van der Waals surface area contributed by atoms with E-state index in [0.29, 0.717) is 31.9 Å². The minimum atomic E-state index is -1.39. The van der Waals surface area contributed by atoms with Gasteiger partial charge in [-0.05, 0) is 28.1 Å². The fourth-order valence-corrected chi connectivity index (χ4v) is 3.62. The van der Waals surface area contributed by atoms with E-state index in [-0.39, 0.29) is 23.1 Å². The van der Waals surface area contributed by atoms with Crippen molar-refractivity contribution in [2.24, 2.45) is 0 Å². The van der Waals surface area contributed by atoms with Crippen molar-refractivity contribution in [1.29, 1.82) is 5.26 Å². The Morgan fingerprint density at radius 2 is 1.94 bits per heavy atom. The summed E-state index contributed by atoms with van der Waals surface area (Å²) in [5, 5.41) is 22.3. The molecule has 33 heavy (non-hydrogen) atoms. The molecule has 1 aliphatic heterocycles. The largest absolute Gasteiger partial charge is 0.487 e. The van der Waals surface area contributed by atoms with E-state index in [2.05, 4.69) is 31.0 Å². The summed E-state index contributed by atoms with van der Waals surface area (Å²) in [6.45, 7) is 1.17. The quantitative estimate of drug-likeness (QED) is 0.544. The Morgan fingerprint density at radius 3 is 2.55 bits per heavy atom. The average molecular weight is 515 g/mol. The number of ether oxygens (including phenoxy) is 1. The Labute approximate surface area is 195 Å². The Kier molecular flexibility index (Phi) is 6.32. The summed E-state index contributed by atoms with van der Waals surface area (Å²) < 4.78 is 21.3. The molecule has 0 spiro atoms. The van der Waals surface area contributed by atoms with Crippen LogP contribution in [0.3, 0.4) is 0 Å². The van der Waals surface area contributed by atoms with Crippen molar-refractivity contribution in [2.45, 2.75) is 18.9 Å². The lowest BCUT2D eigenvalue weighted by Crippen LogP contribution is -2.39. The maximum absolute atomic E-state index is 14.0. The Hall–Kier alpha value is -3.85. The average Bonchev–Trinajstić information content (AvgIpc) is 2.80. The topological polar surface area (TPSA) is 134 Å². The Balaban J connectivity index is 1.54. The van der Waals surface area contributed by atoms with Gasteiger partial charge in [0.05, 0.1) is 21.8 Å². The number of nitrogens with zero attached hydrogens (tertiary/aromatic N) is 6. The third-order valence-electron chi connectivity index (χ3n) is 5.04. The van der Waals surface area contributed by atoms with Crippen LogP contribution < -0.4 is 15.2 Å². The second-order valence-corrected chi connectivity index (χ2v) is 8.11. The highest BCUT2D eigenvalue weighted by atomic mass is 79.9. The van der Waals surface area contributed by atoms with Gasteiger partial charge in [0.25, 0.3) is 5.56 Å². The molecule has 168 valence electrons. The minimum Gasteiger partial charge on any atom is -0.487 e. The number of carbonyl (C=O) groups is 1. The van der Waals surface area contributed by atoms with Gasteiger partial charge in [-0.1, -0.05) is 0 Å². The van der Waals surface area contributed by atoms with Gasteiger partial charge in [-0.15, -0.1) is 0 Å². The molecular formula is C21H16BrFN6O4. The van der Waals surface area contributed by atoms with E-state index in [4.69, 9.17) is 10.00 Å². The fourth-order valence-electron chi connectivity index (χ4n) is 3.41. The van der Waals surface area contributed by atoms with Crippen molar-refractivity contribution < 1.29 is 19.0 Å². The number of hydrogen-bond donors (Lipinski definition) is 1. The van der Waals surface area contributed by atoms with E-state index in [1.54, 1.807) is 18.5 Å². The van der Waals surface area contributed by atoms with Gasteiger partial charge in [-0.25, -0.2) is 19.2 Å². The number of carboxylic acids is 1. The van der Waals surface area contributed by atoms with E-state index in [9.17, 15) is 19.1 Å². The molecule has 0 amide bonds. The molecule has 0 aliphatic carbocycles. The molecular weight excluding hydrogens is 499 g/mol. The van der Waals surface area contributed by atoms with Crippen molar-refractivity contribution in [2.75, 3.05) is 18.0 Å². The van der Waals surface area contributed by atoms with Gasteiger partial charge in [0, 0.05) is 44.4 Å². The van der Waals surface area contributed by atoms with Gasteiger partial charge >= 0.3 is 5.97 Å². The van der Waals surface area contributed by atoms with Crippen LogP contribution in [0, 0.1) is 17.1 Å². The standard InChI is InChI=1S/C21H16BrFN6O4/c22-13-10-25-21(26-11-13)28-5-3-15(4-6-28)33-17-8-18(30)29(27-19(17)20(31)32)14-2-1-12(9-24)16(23)7-14/h1-2,7-8,10-11,15H,3-6H2,(H,31,32). The van der Waals surface area contributed by atoms with E-state index in [0.717, 1.165) is 21.3 Å². The minimum absolute atomic E-state index is 0.00615. The second kappa shape index (κ2) is 9.33. The molecule has 0 saturated carbocycles. The van der Waals surface area contributed by atoms with Crippen LogP contribution in [-0.2, 0) is 0 Å². The van der Waals surface area contributed by atoms with Gasteiger partial charge in [-0.3, -0.25) is 4.79 Å².